The molecule has 0 aliphatic carbocycles. The summed E-state index contributed by atoms with van der Waals surface area (Å²) in [7, 11) is -3.27. The van der Waals surface area contributed by atoms with Crippen LogP contribution in [-0.2, 0) is 21.1 Å². The fraction of sp³-hybridized carbons (Fsp3) is 0.316. The van der Waals surface area contributed by atoms with Crippen molar-refractivity contribution >= 4 is 27.1 Å². The van der Waals surface area contributed by atoms with E-state index in [9.17, 15) is 17.6 Å². The summed E-state index contributed by atoms with van der Waals surface area (Å²) in [5.74, 6) is -0.458. The maximum atomic E-state index is 14.1. The second-order valence-electron chi connectivity index (χ2n) is 6.56. The second-order valence-corrected chi connectivity index (χ2v) is 8.58. The van der Waals surface area contributed by atoms with Gasteiger partial charge in [0.1, 0.15) is 5.82 Å². The Morgan fingerprint density at radius 1 is 1.19 bits per heavy atom. The van der Waals surface area contributed by atoms with Crippen molar-refractivity contribution in [3.63, 3.8) is 0 Å². The third-order valence-electron chi connectivity index (χ3n) is 4.50. The minimum Gasteiger partial charge on any atom is -0.362 e. The maximum Gasteiger partial charge on any atom is 0.243 e. The molecular formula is C19H21FN2O3S. The van der Waals surface area contributed by atoms with Gasteiger partial charge in [-0.1, -0.05) is 6.07 Å². The molecule has 0 atom stereocenters. The summed E-state index contributed by atoms with van der Waals surface area (Å²) in [6, 6.07) is 9.24. The van der Waals surface area contributed by atoms with Crippen LogP contribution in [0.5, 0.6) is 0 Å². The molecule has 0 radical (unpaired) electrons. The van der Waals surface area contributed by atoms with Crippen molar-refractivity contribution in [3.8, 4) is 0 Å². The largest absolute Gasteiger partial charge is 0.362 e. The molecule has 1 aliphatic heterocycles. The van der Waals surface area contributed by atoms with E-state index in [1.165, 1.54) is 18.2 Å². The van der Waals surface area contributed by atoms with Crippen LogP contribution in [0, 0.1) is 12.7 Å². The molecule has 1 amide bonds. The molecule has 0 saturated heterocycles. The highest BCUT2D eigenvalue weighted by atomic mass is 32.2. The van der Waals surface area contributed by atoms with Gasteiger partial charge in [0.05, 0.1) is 11.4 Å². The Balaban J connectivity index is 1.73. The van der Waals surface area contributed by atoms with E-state index < -0.39 is 9.84 Å². The molecular weight excluding hydrogens is 355 g/mol. The summed E-state index contributed by atoms with van der Waals surface area (Å²) in [6.45, 7) is 2.72. The number of anilines is 2. The molecule has 0 spiro atoms. The average molecular weight is 376 g/mol. The predicted octanol–water partition coefficient (Wildman–Crippen LogP) is 2.93. The summed E-state index contributed by atoms with van der Waals surface area (Å²) in [5, 5.41) is 2.76. The van der Waals surface area contributed by atoms with E-state index in [2.05, 4.69) is 5.32 Å². The van der Waals surface area contributed by atoms with Crippen molar-refractivity contribution in [2.45, 2.75) is 24.7 Å². The first-order valence-corrected chi connectivity index (χ1v) is 10.3. The van der Waals surface area contributed by atoms with Crippen molar-refractivity contribution < 1.29 is 17.6 Å². The summed E-state index contributed by atoms with van der Waals surface area (Å²) >= 11 is 0. The highest BCUT2D eigenvalue weighted by Gasteiger charge is 2.23. The molecule has 138 valence electrons. The van der Waals surface area contributed by atoms with Gasteiger partial charge in [0, 0.05) is 29.7 Å². The number of carbonyl (C=O) groups excluding carboxylic acids is 1. The van der Waals surface area contributed by atoms with Crippen molar-refractivity contribution in [1.82, 2.24) is 0 Å². The lowest BCUT2D eigenvalue weighted by Gasteiger charge is -2.32. The number of amides is 1. The average Bonchev–Trinajstić information content (AvgIpc) is 2.58. The number of fused-ring (bicyclic) bond motifs is 1. The van der Waals surface area contributed by atoms with E-state index in [0.29, 0.717) is 24.2 Å². The molecule has 0 fully saturated rings. The Morgan fingerprint density at radius 2 is 1.88 bits per heavy atom. The summed E-state index contributed by atoms with van der Waals surface area (Å²) in [4.78, 5) is 14.5. The quantitative estimate of drug-likeness (QED) is 0.891. The minimum absolute atomic E-state index is 0.116. The number of halogens is 1. The number of hydrogen-bond acceptors (Lipinski definition) is 4. The van der Waals surface area contributed by atoms with Crippen LogP contribution in [0.4, 0.5) is 15.8 Å². The molecule has 2 aromatic carbocycles. The first kappa shape index (κ1) is 18.4. The van der Waals surface area contributed by atoms with Gasteiger partial charge < -0.3 is 10.2 Å². The van der Waals surface area contributed by atoms with E-state index in [4.69, 9.17) is 0 Å². The predicted molar refractivity (Wildman–Crippen MR) is 99.9 cm³/mol. The molecule has 0 aromatic heterocycles. The second kappa shape index (κ2) is 7.07. The van der Waals surface area contributed by atoms with Crippen molar-refractivity contribution in [2.24, 2.45) is 0 Å². The number of carbonyl (C=O) groups is 1. The highest BCUT2D eigenvalue weighted by Crippen LogP contribution is 2.32. The first-order valence-electron chi connectivity index (χ1n) is 8.38. The van der Waals surface area contributed by atoms with Crippen molar-refractivity contribution in [1.29, 1.82) is 0 Å². The Kier molecular flexibility index (Phi) is 5.00. The van der Waals surface area contributed by atoms with Gasteiger partial charge in [-0.3, -0.25) is 4.79 Å². The lowest BCUT2D eigenvalue weighted by molar-refractivity contribution is -0.115. The van der Waals surface area contributed by atoms with E-state index in [1.807, 2.05) is 11.8 Å². The van der Waals surface area contributed by atoms with Crippen LogP contribution in [0.15, 0.2) is 41.3 Å². The third kappa shape index (κ3) is 3.88. The molecule has 5 nitrogen and oxygen atoms in total. The van der Waals surface area contributed by atoms with Gasteiger partial charge >= 0.3 is 0 Å². The van der Waals surface area contributed by atoms with Crippen molar-refractivity contribution in [2.75, 3.05) is 29.6 Å². The molecule has 0 saturated carbocycles. The molecule has 2 aromatic rings. The smallest absolute Gasteiger partial charge is 0.243 e. The zero-order chi connectivity index (χ0) is 18.9. The number of nitrogens with one attached hydrogen (secondary N) is 1. The molecule has 1 N–H and O–H groups in total. The molecule has 3 rings (SSSR count). The molecule has 7 heteroatoms. The third-order valence-corrected chi connectivity index (χ3v) is 5.63. The Bertz CT molecular complexity index is 940. The van der Waals surface area contributed by atoms with Crippen LogP contribution in [0.25, 0.3) is 0 Å². The van der Waals surface area contributed by atoms with Gasteiger partial charge in [-0.05, 0) is 55.7 Å². The van der Waals surface area contributed by atoms with E-state index in [0.717, 1.165) is 23.9 Å². The zero-order valence-corrected chi connectivity index (χ0v) is 15.6. The Morgan fingerprint density at radius 3 is 2.54 bits per heavy atom. The first-order chi connectivity index (χ1) is 12.3. The fourth-order valence-electron chi connectivity index (χ4n) is 3.28. The lowest BCUT2D eigenvalue weighted by atomic mass is 9.97. The van der Waals surface area contributed by atoms with Crippen LogP contribution in [0.1, 0.15) is 17.5 Å². The molecule has 26 heavy (non-hydrogen) atoms. The van der Waals surface area contributed by atoms with Gasteiger partial charge in [0.25, 0.3) is 0 Å². The number of rotatable bonds is 4. The van der Waals surface area contributed by atoms with Crippen LogP contribution >= 0.6 is 0 Å². The number of hydrogen-bond donors (Lipinski definition) is 1. The summed E-state index contributed by atoms with van der Waals surface area (Å²) in [6.07, 6.45) is 2.60. The van der Waals surface area contributed by atoms with Crippen LogP contribution < -0.4 is 10.2 Å². The fourth-order valence-corrected chi connectivity index (χ4v) is 3.91. The normalized spacial score (nSPS) is 14.0. The monoisotopic (exact) mass is 376 g/mol. The molecule has 0 bridgehead atoms. The van der Waals surface area contributed by atoms with E-state index >= 15 is 0 Å². The Hall–Kier alpha value is -2.41. The number of benzene rings is 2. The number of aryl methyl sites for hydroxylation is 1. The van der Waals surface area contributed by atoms with E-state index in [-0.39, 0.29) is 23.2 Å². The minimum atomic E-state index is -3.27. The van der Waals surface area contributed by atoms with Crippen LogP contribution in [0.2, 0.25) is 0 Å². The van der Waals surface area contributed by atoms with Crippen LogP contribution in [-0.4, -0.2) is 33.7 Å². The SMILES string of the molecule is Cc1ccc(F)c2c1N(CC(=O)Nc1ccc(S(C)(=O)=O)cc1)CCC2. The summed E-state index contributed by atoms with van der Waals surface area (Å²) < 4.78 is 37.0. The van der Waals surface area contributed by atoms with E-state index in [1.54, 1.807) is 18.2 Å². The van der Waals surface area contributed by atoms with Gasteiger partial charge in [-0.25, -0.2) is 12.8 Å². The lowest BCUT2D eigenvalue weighted by Crippen LogP contribution is -2.37. The summed E-state index contributed by atoms with van der Waals surface area (Å²) in [5.41, 5.74) is 2.95. The standard InChI is InChI=1S/C19H21FN2O3S/c1-13-5-10-17(20)16-4-3-11-22(19(13)16)12-18(23)21-14-6-8-15(9-7-14)26(2,24)25/h5-10H,3-4,11-12H2,1-2H3,(H,21,23). The number of nitrogens with zero attached hydrogens (tertiary/aromatic N) is 1. The maximum absolute atomic E-state index is 14.1. The van der Waals surface area contributed by atoms with Crippen molar-refractivity contribution in [3.05, 3.63) is 53.3 Å². The number of sulfone groups is 1. The molecule has 1 heterocycles. The van der Waals surface area contributed by atoms with Crippen LogP contribution in [0.3, 0.4) is 0 Å². The van der Waals surface area contributed by atoms with Gasteiger partial charge in [-0.2, -0.15) is 0 Å². The van der Waals surface area contributed by atoms with Gasteiger partial charge in [-0.15, -0.1) is 0 Å². The van der Waals surface area contributed by atoms with Gasteiger partial charge in [0.15, 0.2) is 9.84 Å². The van der Waals surface area contributed by atoms with Gasteiger partial charge in [0.2, 0.25) is 5.91 Å². The zero-order valence-electron chi connectivity index (χ0n) is 14.8. The Labute approximate surface area is 152 Å². The molecule has 0 unspecified atom stereocenters. The highest BCUT2D eigenvalue weighted by molar-refractivity contribution is 7.90. The molecule has 1 aliphatic rings. The topological polar surface area (TPSA) is 66.5 Å².